The maximum Gasteiger partial charge on any atom is 0.227 e. The summed E-state index contributed by atoms with van der Waals surface area (Å²) in [5.74, 6) is -0.239. The molecule has 3 N–H and O–H groups in total. The molecule has 5 nitrogen and oxygen atoms in total. The van der Waals surface area contributed by atoms with Crippen LogP contribution in [0.25, 0.3) is 0 Å². The van der Waals surface area contributed by atoms with Crippen molar-refractivity contribution in [2.45, 2.75) is 26.2 Å². The average Bonchev–Trinajstić information content (AvgIpc) is 2.51. The largest absolute Gasteiger partial charge is 0.385 e. The van der Waals surface area contributed by atoms with Crippen LogP contribution in [-0.4, -0.2) is 32.0 Å². The molecule has 114 valence electrons. The first-order valence-electron chi connectivity index (χ1n) is 7.28. The molecule has 5 heteroatoms. The van der Waals surface area contributed by atoms with Gasteiger partial charge in [-0.1, -0.05) is 18.2 Å². The third kappa shape index (κ3) is 3.35. The van der Waals surface area contributed by atoms with Gasteiger partial charge in [0.15, 0.2) is 0 Å². The molecule has 1 aromatic carbocycles. The van der Waals surface area contributed by atoms with E-state index in [2.05, 4.69) is 16.0 Å². The second-order valence-electron chi connectivity index (χ2n) is 6.04. The van der Waals surface area contributed by atoms with Gasteiger partial charge >= 0.3 is 0 Å². The van der Waals surface area contributed by atoms with Gasteiger partial charge in [0.25, 0.3) is 0 Å². The van der Waals surface area contributed by atoms with Gasteiger partial charge in [0, 0.05) is 25.8 Å². The molecule has 1 unspecified atom stereocenters. The predicted octanol–water partition coefficient (Wildman–Crippen LogP) is 1.47. The summed E-state index contributed by atoms with van der Waals surface area (Å²) in [6, 6.07) is 7.88. The van der Waals surface area contributed by atoms with E-state index in [1.54, 1.807) is 7.05 Å². The Balaban J connectivity index is 2.04. The fraction of sp³-hybridized carbons (Fsp3) is 0.500. The molecule has 1 atom stereocenters. The van der Waals surface area contributed by atoms with Gasteiger partial charge in [-0.3, -0.25) is 9.59 Å². The van der Waals surface area contributed by atoms with Crippen LogP contribution in [0, 0.1) is 5.41 Å². The first-order chi connectivity index (χ1) is 9.95. The highest BCUT2D eigenvalue weighted by Gasteiger charge is 2.30. The van der Waals surface area contributed by atoms with E-state index >= 15 is 0 Å². The van der Waals surface area contributed by atoms with Crippen LogP contribution < -0.4 is 16.0 Å². The summed E-state index contributed by atoms with van der Waals surface area (Å²) in [6.07, 6.45) is 0.767. The third-order valence-electron chi connectivity index (χ3n) is 3.95. The Bertz CT molecular complexity index is 540. The Hall–Kier alpha value is -2.04. The number of fused-ring (bicyclic) bond motifs is 1. The minimum atomic E-state index is -0.614. The lowest BCUT2D eigenvalue weighted by Crippen LogP contribution is -2.45. The number of amides is 2. The lowest BCUT2D eigenvalue weighted by Gasteiger charge is -2.28. The monoisotopic (exact) mass is 289 g/mol. The van der Waals surface area contributed by atoms with Gasteiger partial charge in [-0.25, -0.2) is 0 Å². The lowest BCUT2D eigenvalue weighted by atomic mass is 9.88. The van der Waals surface area contributed by atoms with Crippen LogP contribution in [0.1, 0.15) is 31.7 Å². The molecule has 1 aromatic rings. The molecule has 1 heterocycles. The van der Waals surface area contributed by atoms with Gasteiger partial charge in [-0.05, 0) is 31.9 Å². The van der Waals surface area contributed by atoms with Crippen LogP contribution in [0.3, 0.4) is 0 Å². The molecular weight excluding hydrogens is 266 g/mol. The Morgan fingerprint density at radius 2 is 2.05 bits per heavy atom. The van der Waals surface area contributed by atoms with Crippen LogP contribution >= 0.6 is 0 Å². The second kappa shape index (κ2) is 6.16. The summed E-state index contributed by atoms with van der Waals surface area (Å²) < 4.78 is 0. The van der Waals surface area contributed by atoms with Crippen molar-refractivity contribution in [1.29, 1.82) is 0 Å². The normalized spacial score (nSPS) is 17.4. The van der Waals surface area contributed by atoms with E-state index in [9.17, 15) is 9.59 Å². The number of carbonyl (C=O) groups is 2. The molecule has 1 aliphatic heterocycles. The summed E-state index contributed by atoms with van der Waals surface area (Å²) in [4.78, 5) is 24.2. The van der Waals surface area contributed by atoms with Crippen molar-refractivity contribution in [3.63, 3.8) is 0 Å². The number of carbonyl (C=O) groups excluding carboxylic acids is 2. The maximum absolute atomic E-state index is 12.4. The molecule has 0 aromatic heterocycles. The highest BCUT2D eigenvalue weighted by Crippen LogP contribution is 2.31. The number of anilines is 1. The smallest absolute Gasteiger partial charge is 0.227 e. The summed E-state index contributed by atoms with van der Waals surface area (Å²) in [5.41, 5.74) is 1.44. The van der Waals surface area contributed by atoms with E-state index in [4.69, 9.17) is 0 Å². The van der Waals surface area contributed by atoms with Gasteiger partial charge in [-0.15, -0.1) is 0 Å². The van der Waals surface area contributed by atoms with Crippen LogP contribution in [0.2, 0.25) is 0 Å². The average molecular weight is 289 g/mol. The first kappa shape index (κ1) is 15.4. The van der Waals surface area contributed by atoms with Gasteiger partial charge in [0.1, 0.15) is 0 Å². The van der Waals surface area contributed by atoms with Gasteiger partial charge < -0.3 is 16.0 Å². The number of rotatable bonds is 4. The van der Waals surface area contributed by atoms with Gasteiger partial charge in [0.2, 0.25) is 11.8 Å². The van der Waals surface area contributed by atoms with Crippen molar-refractivity contribution in [1.82, 2.24) is 10.6 Å². The Kier molecular flexibility index (Phi) is 4.50. The fourth-order valence-corrected chi connectivity index (χ4v) is 2.59. The molecule has 0 saturated heterocycles. The molecule has 1 aliphatic rings. The number of hydrogen-bond acceptors (Lipinski definition) is 3. The predicted molar refractivity (Wildman–Crippen MR) is 83.1 cm³/mol. The number of benzene rings is 1. The Labute approximate surface area is 125 Å². The topological polar surface area (TPSA) is 70.2 Å². The Morgan fingerprint density at radius 1 is 1.33 bits per heavy atom. The second-order valence-corrected chi connectivity index (χ2v) is 6.04. The molecule has 0 radical (unpaired) electrons. The van der Waals surface area contributed by atoms with E-state index < -0.39 is 5.41 Å². The molecule has 0 aliphatic carbocycles. The van der Waals surface area contributed by atoms with Crippen LogP contribution in [0.15, 0.2) is 24.3 Å². The van der Waals surface area contributed by atoms with Crippen molar-refractivity contribution >= 4 is 17.5 Å². The van der Waals surface area contributed by atoms with Crippen molar-refractivity contribution in [3.8, 4) is 0 Å². The van der Waals surface area contributed by atoms with Gasteiger partial charge in [-0.2, -0.15) is 0 Å². The first-order valence-corrected chi connectivity index (χ1v) is 7.28. The van der Waals surface area contributed by atoms with E-state index in [-0.39, 0.29) is 17.7 Å². The fourth-order valence-electron chi connectivity index (χ4n) is 2.59. The van der Waals surface area contributed by atoms with Crippen molar-refractivity contribution in [2.75, 3.05) is 25.5 Å². The molecule has 0 fully saturated rings. The summed E-state index contributed by atoms with van der Waals surface area (Å²) in [6.45, 7) is 4.76. The molecule has 0 saturated carbocycles. The molecular formula is C16H23N3O2. The molecule has 0 bridgehead atoms. The summed E-state index contributed by atoms with van der Waals surface area (Å²) >= 11 is 0. The van der Waals surface area contributed by atoms with Crippen molar-refractivity contribution in [3.05, 3.63) is 29.8 Å². The quantitative estimate of drug-likeness (QED) is 0.786. The minimum absolute atomic E-state index is 0.0130. The highest BCUT2D eigenvalue weighted by molar-refractivity contribution is 5.87. The third-order valence-corrected chi connectivity index (χ3v) is 3.95. The van der Waals surface area contributed by atoms with E-state index in [1.165, 1.54) is 0 Å². The van der Waals surface area contributed by atoms with E-state index in [1.807, 2.05) is 38.1 Å². The maximum atomic E-state index is 12.4. The van der Waals surface area contributed by atoms with Crippen LogP contribution in [0.4, 0.5) is 5.69 Å². The number of nitrogens with one attached hydrogen (secondary N) is 3. The molecule has 21 heavy (non-hydrogen) atoms. The van der Waals surface area contributed by atoms with Crippen molar-refractivity contribution in [2.24, 2.45) is 5.41 Å². The zero-order chi connectivity index (χ0) is 15.5. The molecule has 2 rings (SSSR count). The summed E-state index contributed by atoms with van der Waals surface area (Å²) in [7, 11) is 1.61. The zero-order valence-corrected chi connectivity index (χ0v) is 12.8. The van der Waals surface area contributed by atoms with Crippen molar-refractivity contribution < 1.29 is 9.59 Å². The molecule has 0 spiro atoms. The summed E-state index contributed by atoms with van der Waals surface area (Å²) in [5, 5.41) is 8.85. The van der Waals surface area contributed by atoms with E-state index in [0.29, 0.717) is 6.54 Å². The van der Waals surface area contributed by atoms with E-state index in [0.717, 1.165) is 24.2 Å². The highest BCUT2D eigenvalue weighted by atomic mass is 16.2. The molecule has 2 amide bonds. The standard InChI is InChI=1S/C16H23N3O2/c1-16(2,15(21)17-3)10-19-14(20)12-8-9-18-13-7-5-4-6-11(12)13/h4-7,12,18H,8-10H2,1-3H3,(H,17,21)(H,19,20). The van der Waals surface area contributed by atoms with Crippen LogP contribution in [0.5, 0.6) is 0 Å². The Morgan fingerprint density at radius 3 is 2.76 bits per heavy atom. The van der Waals surface area contributed by atoms with Crippen LogP contribution in [-0.2, 0) is 9.59 Å². The minimum Gasteiger partial charge on any atom is -0.385 e. The zero-order valence-electron chi connectivity index (χ0n) is 12.8. The number of para-hydroxylation sites is 1. The van der Waals surface area contributed by atoms with Gasteiger partial charge in [0.05, 0.1) is 11.3 Å². The SMILES string of the molecule is CNC(=O)C(C)(C)CNC(=O)C1CCNc2ccccc21. The lowest BCUT2D eigenvalue weighted by molar-refractivity contribution is -0.129. The number of hydrogen-bond donors (Lipinski definition) is 3.